The molecule has 0 radical (unpaired) electrons. The number of nitrogens with one attached hydrogen (secondary N) is 1. The van der Waals surface area contributed by atoms with Crippen LogP contribution >= 0.6 is 0 Å². The van der Waals surface area contributed by atoms with E-state index < -0.39 is 45.9 Å². The second-order valence-electron chi connectivity index (χ2n) is 12.3. The van der Waals surface area contributed by atoms with Gasteiger partial charge in [-0.2, -0.15) is 0 Å². The van der Waals surface area contributed by atoms with Crippen LogP contribution in [0, 0.1) is 28.6 Å². The van der Waals surface area contributed by atoms with Gasteiger partial charge in [0.1, 0.15) is 11.5 Å². The van der Waals surface area contributed by atoms with Gasteiger partial charge in [0.25, 0.3) is 5.91 Å². The summed E-state index contributed by atoms with van der Waals surface area (Å²) in [4.78, 5) is 25.6. The highest BCUT2D eigenvalue weighted by atomic mass is 19.1. The van der Waals surface area contributed by atoms with Crippen LogP contribution in [0.4, 0.5) is 4.39 Å². The van der Waals surface area contributed by atoms with Crippen molar-refractivity contribution in [2.75, 3.05) is 20.3 Å². The van der Waals surface area contributed by atoms with E-state index >= 15 is 4.39 Å². The predicted molar refractivity (Wildman–Crippen MR) is 144 cm³/mol. The average Bonchev–Trinajstić information content (AvgIpc) is 3.11. The Morgan fingerprint density at radius 3 is 2.72 bits per heavy atom. The fourth-order valence-electron chi connectivity index (χ4n) is 8.32. The molecule has 0 aliphatic heterocycles. The summed E-state index contributed by atoms with van der Waals surface area (Å²) in [5, 5.41) is 26.4. The Bertz CT molecular complexity index is 1220. The molecule has 39 heavy (non-hydrogen) atoms. The van der Waals surface area contributed by atoms with E-state index in [0.29, 0.717) is 55.9 Å². The SMILES string of the molecule is COc1cccc(OCCCNC(=O)C2(O)C(C)CC3C4CCC5=CC(=O)C=CC5(C)C4(F)C(O)CC32C)c1. The lowest BCUT2D eigenvalue weighted by molar-refractivity contribution is -0.219. The number of aliphatic hydroxyl groups is 2. The van der Waals surface area contributed by atoms with E-state index in [9.17, 15) is 19.8 Å². The van der Waals surface area contributed by atoms with Gasteiger partial charge in [0.2, 0.25) is 0 Å². The molecule has 8 atom stereocenters. The summed E-state index contributed by atoms with van der Waals surface area (Å²) in [7, 11) is 1.59. The maximum absolute atomic E-state index is 17.3. The second-order valence-corrected chi connectivity index (χ2v) is 12.3. The quantitative estimate of drug-likeness (QED) is 0.452. The first-order valence-corrected chi connectivity index (χ1v) is 14.0. The molecule has 8 unspecified atom stereocenters. The fourth-order valence-corrected chi connectivity index (χ4v) is 8.32. The molecule has 4 aliphatic rings. The molecule has 1 aromatic carbocycles. The number of ether oxygens (including phenoxy) is 2. The Labute approximate surface area is 229 Å². The fraction of sp³-hybridized carbons (Fsp3) is 0.613. The third-order valence-corrected chi connectivity index (χ3v) is 10.5. The molecule has 1 amide bonds. The van der Waals surface area contributed by atoms with Crippen molar-refractivity contribution >= 4 is 11.7 Å². The molecule has 4 aliphatic carbocycles. The minimum atomic E-state index is -1.99. The Morgan fingerprint density at radius 1 is 1.23 bits per heavy atom. The van der Waals surface area contributed by atoms with Crippen LogP contribution < -0.4 is 14.8 Å². The molecule has 212 valence electrons. The zero-order valence-electron chi connectivity index (χ0n) is 23.2. The van der Waals surface area contributed by atoms with Gasteiger partial charge in [-0.15, -0.1) is 0 Å². The van der Waals surface area contributed by atoms with Gasteiger partial charge in [-0.05, 0) is 75.1 Å². The molecule has 3 saturated carbocycles. The Kier molecular flexibility index (Phi) is 6.95. The van der Waals surface area contributed by atoms with Crippen LogP contribution in [0.25, 0.3) is 0 Å². The predicted octanol–water partition coefficient (Wildman–Crippen LogP) is 3.93. The van der Waals surface area contributed by atoms with Gasteiger partial charge in [0, 0.05) is 29.4 Å². The number of rotatable bonds is 7. The lowest BCUT2D eigenvalue weighted by atomic mass is 9.44. The summed E-state index contributed by atoms with van der Waals surface area (Å²) in [6.07, 6.45) is 5.12. The molecule has 0 bridgehead atoms. The topological polar surface area (TPSA) is 105 Å². The number of ketones is 1. The number of hydrogen-bond acceptors (Lipinski definition) is 6. The zero-order valence-corrected chi connectivity index (χ0v) is 23.2. The van der Waals surface area contributed by atoms with Gasteiger partial charge in [0.15, 0.2) is 17.1 Å². The molecule has 0 spiro atoms. The Morgan fingerprint density at radius 2 is 1.97 bits per heavy atom. The lowest BCUT2D eigenvalue weighted by Gasteiger charge is -2.62. The number of methoxy groups -OCH3 is 1. The smallest absolute Gasteiger partial charge is 0.252 e. The number of halogens is 1. The van der Waals surface area contributed by atoms with E-state index in [1.54, 1.807) is 26.2 Å². The van der Waals surface area contributed by atoms with Crippen molar-refractivity contribution in [2.24, 2.45) is 28.6 Å². The average molecular weight is 542 g/mol. The van der Waals surface area contributed by atoms with Gasteiger partial charge in [-0.1, -0.05) is 31.6 Å². The molecule has 0 aromatic heterocycles. The van der Waals surface area contributed by atoms with E-state index in [1.807, 2.05) is 32.0 Å². The van der Waals surface area contributed by atoms with E-state index in [-0.39, 0.29) is 18.1 Å². The van der Waals surface area contributed by atoms with Crippen molar-refractivity contribution in [1.29, 1.82) is 0 Å². The largest absolute Gasteiger partial charge is 0.497 e. The molecular weight excluding hydrogens is 501 g/mol. The highest BCUT2D eigenvalue weighted by Gasteiger charge is 2.75. The van der Waals surface area contributed by atoms with Crippen LogP contribution in [-0.2, 0) is 9.59 Å². The number of benzene rings is 1. The van der Waals surface area contributed by atoms with Crippen molar-refractivity contribution in [3.05, 3.63) is 48.1 Å². The van der Waals surface area contributed by atoms with Crippen molar-refractivity contribution in [1.82, 2.24) is 5.32 Å². The van der Waals surface area contributed by atoms with Gasteiger partial charge >= 0.3 is 0 Å². The number of allylic oxidation sites excluding steroid dienone is 4. The van der Waals surface area contributed by atoms with Gasteiger partial charge < -0.3 is 25.0 Å². The minimum Gasteiger partial charge on any atom is -0.497 e. The summed E-state index contributed by atoms with van der Waals surface area (Å²) < 4.78 is 28.2. The molecule has 5 rings (SSSR count). The highest BCUT2D eigenvalue weighted by molar-refractivity contribution is 6.01. The number of carbonyl (C=O) groups excluding carboxylic acids is 2. The van der Waals surface area contributed by atoms with Gasteiger partial charge in [-0.3, -0.25) is 9.59 Å². The molecule has 1 aromatic rings. The third-order valence-electron chi connectivity index (χ3n) is 10.5. The molecule has 3 fully saturated rings. The summed E-state index contributed by atoms with van der Waals surface area (Å²) in [5.74, 6) is -0.533. The first kappa shape index (κ1) is 27.8. The summed E-state index contributed by atoms with van der Waals surface area (Å²) in [5.41, 5.74) is -5.12. The Hall–Kier alpha value is -2.71. The highest BCUT2D eigenvalue weighted by Crippen LogP contribution is 2.70. The van der Waals surface area contributed by atoms with Crippen molar-refractivity contribution in [3.8, 4) is 11.5 Å². The number of fused-ring (bicyclic) bond motifs is 5. The number of hydrogen-bond donors (Lipinski definition) is 3. The molecule has 8 heteroatoms. The first-order chi connectivity index (χ1) is 18.4. The van der Waals surface area contributed by atoms with E-state index in [4.69, 9.17) is 9.47 Å². The van der Waals surface area contributed by atoms with Crippen LogP contribution in [0.3, 0.4) is 0 Å². The molecule has 0 heterocycles. The zero-order chi connectivity index (χ0) is 28.2. The minimum absolute atomic E-state index is 0.0392. The monoisotopic (exact) mass is 541 g/mol. The van der Waals surface area contributed by atoms with E-state index in [0.717, 1.165) is 0 Å². The third kappa shape index (κ3) is 3.97. The van der Waals surface area contributed by atoms with Crippen LogP contribution in [0.1, 0.15) is 52.9 Å². The van der Waals surface area contributed by atoms with Crippen LogP contribution in [0.2, 0.25) is 0 Å². The second kappa shape index (κ2) is 9.73. The van der Waals surface area contributed by atoms with E-state index in [1.165, 1.54) is 12.2 Å². The molecule has 3 N–H and O–H groups in total. The lowest BCUT2D eigenvalue weighted by Crippen LogP contribution is -2.70. The van der Waals surface area contributed by atoms with Gasteiger partial charge in [-0.25, -0.2) is 4.39 Å². The first-order valence-electron chi connectivity index (χ1n) is 14.0. The normalized spacial score (nSPS) is 40.7. The molecule has 7 nitrogen and oxygen atoms in total. The standard InChI is InChI=1S/C31H40FNO6/c1-19-15-25-24-10-9-20-16-21(34)11-12-28(20,2)30(24,32)26(35)18-29(25,3)31(19,37)27(36)33-13-6-14-39-23-8-5-7-22(17-23)38-4/h5,7-8,11-12,16-17,19,24-26,35,37H,6,9-10,13-15,18H2,1-4H3,(H,33,36). The van der Waals surface area contributed by atoms with Crippen LogP contribution in [0.15, 0.2) is 48.1 Å². The number of alkyl halides is 1. The van der Waals surface area contributed by atoms with Crippen LogP contribution in [0.5, 0.6) is 11.5 Å². The number of amides is 1. The Balaban J connectivity index is 1.30. The van der Waals surface area contributed by atoms with E-state index in [2.05, 4.69) is 5.32 Å². The maximum atomic E-state index is 17.3. The maximum Gasteiger partial charge on any atom is 0.252 e. The summed E-state index contributed by atoms with van der Waals surface area (Å²) in [6.45, 7) is 6.13. The van der Waals surface area contributed by atoms with Crippen molar-refractivity contribution in [2.45, 2.75) is 70.2 Å². The van der Waals surface area contributed by atoms with Gasteiger partial charge in [0.05, 0.1) is 19.8 Å². The number of carbonyl (C=O) groups is 2. The summed E-state index contributed by atoms with van der Waals surface area (Å²) in [6, 6.07) is 7.28. The molecular formula is C31H40FNO6. The molecule has 0 saturated heterocycles. The van der Waals surface area contributed by atoms with Crippen LogP contribution in [-0.4, -0.2) is 59.5 Å². The summed E-state index contributed by atoms with van der Waals surface area (Å²) >= 11 is 0. The van der Waals surface area contributed by atoms with Crippen molar-refractivity contribution in [3.63, 3.8) is 0 Å². The number of aliphatic hydroxyl groups excluding tert-OH is 1. The van der Waals surface area contributed by atoms with Crippen molar-refractivity contribution < 1.29 is 33.7 Å².